The lowest BCUT2D eigenvalue weighted by Gasteiger charge is -2.32. The van der Waals surface area contributed by atoms with Gasteiger partial charge in [-0.05, 0) is 25.7 Å². The van der Waals surface area contributed by atoms with Crippen LogP contribution in [0.2, 0.25) is 0 Å². The van der Waals surface area contributed by atoms with Gasteiger partial charge in [-0.25, -0.2) is 8.42 Å². The number of nitrogens with one attached hydrogen (secondary N) is 1. The second-order valence-electron chi connectivity index (χ2n) is 6.07. The van der Waals surface area contributed by atoms with Gasteiger partial charge in [-0.3, -0.25) is 10.1 Å². The molecule has 2 aliphatic rings. The second-order valence-corrected chi connectivity index (χ2v) is 8.25. The Morgan fingerprint density at radius 2 is 1.94 bits per heavy atom. The number of carbonyl (C=O) groups is 1. The average molecular weight is 274 g/mol. The van der Waals surface area contributed by atoms with Crippen LogP contribution in [0.4, 0.5) is 0 Å². The molecule has 1 saturated heterocycles. The van der Waals surface area contributed by atoms with Crippen LogP contribution in [-0.4, -0.2) is 49.0 Å². The Morgan fingerprint density at radius 1 is 1.39 bits per heavy atom. The first-order valence-electron chi connectivity index (χ1n) is 6.44. The van der Waals surface area contributed by atoms with Gasteiger partial charge in [-0.2, -0.15) is 0 Å². The van der Waals surface area contributed by atoms with Crippen LogP contribution in [-0.2, 0) is 14.6 Å². The van der Waals surface area contributed by atoms with E-state index in [4.69, 9.17) is 0 Å². The van der Waals surface area contributed by atoms with Crippen LogP contribution in [0, 0.1) is 5.92 Å². The highest BCUT2D eigenvalue weighted by molar-refractivity contribution is 7.90. The Labute approximate surface area is 109 Å². The molecule has 0 bridgehead atoms. The van der Waals surface area contributed by atoms with Gasteiger partial charge in [0.2, 0.25) is 5.91 Å². The van der Waals surface area contributed by atoms with Crippen molar-refractivity contribution in [2.24, 2.45) is 5.92 Å². The van der Waals surface area contributed by atoms with Gasteiger partial charge in [0.15, 0.2) is 0 Å². The van der Waals surface area contributed by atoms with Crippen molar-refractivity contribution in [1.82, 2.24) is 10.2 Å². The molecule has 0 aromatic rings. The standard InChI is InChI=1S/C12H22N2O3S/c1-8(2)10-13-12(5-6-12)11(15)14(10)9(3)7-18(4,16)17/h8-10,13H,5-7H2,1-4H3. The summed E-state index contributed by atoms with van der Waals surface area (Å²) in [5.41, 5.74) is -0.374. The molecular weight excluding hydrogens is 252 g/mol. The second kappa shape index (κ2) is 4.20. The van der Waals surface area contributed by atoms with E-state index in [1.54, 1.807) is 4.90 Å². The van der Waals surface area contributed by atoms with Gasteiger partial charge in [-0.1, -0.05) is 13.8 Å². The molecule has 1 aliphatic carbocycles. The third-order valence-electron chi connectivity index (χ3n) is 3.77. The number of hydrogen-bond donors (Lipinski definition) is 1. The first-order chi connectivity index (χ1) is 8.16. The Balaban J connectivity index is 2.20. The topological polar surface area (TPSA) is 66.5 Å². The molecule has 1 aliphatic heterocycles. The van der Waals surface area contributed by atoms with Crippen LogP contribution < -0.4 is 5.32 Å². The molecule has 18 heavy (non-hydrogen) atoms. The zero-order chi connectivity index (χ0) is 13.7. The summed E-state index contributed by atoms with van der Waals surface area (Å²) < 4.78 is 22.8. The number of nitrogens with zero attached hydrogens (tertiary/aromatic N) is 1. The number of carbonyl (C=O) groups excluding carboxylic acids is 1. The van der Waals surface area contributed by atoms with Crippen LogP contribution in [0.25, 0.3) is 0 Å². The molecule has 1 spiro atoms. The van der Waals surface area contributed by atoms with Gasteiger partial charge in [0.25, 0.3) is 0 Å². The predicted octanol–water partition coefficient (Wildman–Crippen LogP) is 0.366. The molecule has 2 atom stereocenters. The fraction of sp³-hybridized carbons (Fsp3) is 0.917. The molecule has 2 rings (SSSR count). The predicted molar refractivity (Wildman–Crippen MR) is 69.7 cm³/mol. The molecule has 1 N–H and O–H groups in total. The first kappa shape index (κ1) is 13.8. The van der Waals surface area contributed by atoms with Crippen LogP contribution in [0.15, 0.2) is 0 Å². The summed E-state index contributed by atoms with van der Waals surface area (Å²) in [6.45, 7) is 5.91. The van der Waals surface area contributed by atoms with Crippen molar-refractivity contribution >= 4 is 15.7 Å². The number of hydrogen-bond acceptors (Lipinski definition) is 4. The Bertz CT molecular complexity index is 454. The molecule has 2 unspecified atom stereocenters. The van der Waals surface area contributed by atoms with E-state index < -0.39 is 9.84 Å². The molecule has 104 valence electrons. The molecule has 1 amide bonds. The van der Waals surface area contributed by atoms with E-state index in [9.17, 15) is 13.2 Å². The first-order valence-corrected chi connectivity index (χ1v) is 8.50. The van der Waals surface area contributed by atoms with E-state index in [2.05, 4.69) is 5.32 Å². The normalized spacial score (nSPS) is 28.2. The summed E-state index contributed by atoms with van der Waals surface area (Å²) in [4.78, 5) is 14.1. The fourth-order valence-electron chi connectivity index (χ4n) is 2.75. The molecule has 1 saturated carbocycles. The van der Waals surface area contributed by atoms with Crippen molar-refractivity contribution in [2.45, 2.75) is 51.4 Å². The van der Waals surface area contributed by atoms with Gasteiger partial charge in [0.1, 0.15) is 9.84 Å². The lowest BCUT2D eigenvalue weighted by molar-refractivity contribution is -0.132. The summed E-state index contributed by atoms with van der Waals surface area (Å²) in [6, 6.07) is -0.271. The van der Waals surface area contributed by atoms with Gasteiger partial charge in [0.05, 0.1) is 17.5 Å². The highest BCUT2D eigenvalue weighted by Crippen LogP contribution is 2.44. The van der Waals surface area contributed by atoms with Gasteiger partial charge in [-0.15, -0.1) is 0 Å². The molecule has 1 heterocycles. The van der Waals surface area contributed by atoms with E-state index in [0.29, 0.717) is 0 Å². The van der Waals surface area contributed by atoms with Crippen molar-refractivity contribution in [3.05, 3.63) is 0 Å². The summed E-state index contributed by atoms with van der Waals surface area (Å²) in [6.07, 6.45) is 2.92. The van der Waals surface area contributed by atoms with Crippen molar-refractivity contribution in [3.8, 4) is 0 Å². The molecule has 0 radical (unpaired) electrons. The Morgan fingerprint density at radius 3 is 2.33 bits per heavy atom. The molecule has 0 aromatic carbocycles. The third kappa shape index (κ3) is 2.40. The maximum Gasteiger partial charge on any atom is 0.244 e. The maximum absolute atomic E-state index is 12.4. The summed E-state index contributed by atoms with van der Waals surface area (Å²) >= 11 is 0. The van der Waals surface area contributed by atoms with Crippen molar-refractivity contribution in [3.63, 3.8) is 0 Å². The van der Waals surface area contributed by atoms with Crippen LogP contribution in [0.1, 0.15) is 33.6 Å². The van der Waals surface area contributed by atoms with Crippen LogP contribution in [0.3, 0.4) is 0 Å². The zero-order valence-corrected chi connectivity index (χ0v) is 12.3. The monoisotopic (exact) mass is 274 g/mol. The van der Waals surface area contributed by atoms with Crippen molar-refractivity contribution in [2.75, 3.05) is 12.0 Å². The molecule has 5 nitrogen and oxygen atoms in total. The lowest BCUT2D eigenvalue weighted by Crippen LogP contribution is -2.48. The summed E-state index contributed by atoms with van der Waals surface area (Å²) in [5.74, 6) is 0.382. The minimum Gasteiger partial charge on any atom is -0.322 e. The van der Waals surface area contributed by atoms with Crippen LogP contribution in [0.5, 0.6) is 0 Å². The van der Waals surface area contributed by atoms with Gasteiger partial charge < -0.3 is 4.90 Å². The molecule has 0 aromatic heterocycles. The van der Waals surface area contributed by atoms with E-state index in [0.717, 1.165) is 12.8 Å². The van der Waals surface area contributed by atoms with E-state index >= 15 is 0 Å². The summed E-state index contributed by atoms with van der Waals surface area (Å²) in [7, 11) is -3.07. The highest BCUT2D eigenvalue weighted by Gasteiger charge is 2.60. The molecule has 2 fully saturated rings. The number of sulfone groups is 1. The lowest BCUT2D eigenvalue weighted by atomic mass is 10.1. The maximum atomic E-state index is 12.4. The molecule has 6 heteroatoms. The van der Waals surface area contributed by atoms with Gasteiger partial charge in [0, 0.05) is 12.3 Å². The summed E-state index contributed by atoms with van der Waals surface area (Å²) in [5, 5.41) is 3.39. The number of rotatable bonds is 4. The fourth-order valence-corrected chi connectivity index (χ4v) is 3.79. The Kier molecular flexibility index (Phi) is 3.22. The van der Waals surface area contributed by atoms with E-state index in [-0.39, 0.29) is 35.3 Å². The third-order valence-corrected chi connectivity index (χ3v) is 4.86. The SMILES string of the molecule is CC(C)C1NC2(CC2)C(=O)N1C(C)CS(C)(=O)=O. The van der Waals surface area contributed by atoms with Crippen LogP contribution >= 0.6 is 0 Å². The van der Waals surface area contributed by atoms with E-state index in [1.807, 2.05) is 20.8 Å². The minimum absolute atomic E-state index is 0.0275. The Hall–Kier alpha value is -0.620. The quantitative estimate of drug-likeness (QED) is 0.804. The zero-order valence-electron chi connectivity index (χ0n) is 11.4. The van der Waals surface area contributed by atoms with Crippen molar-refractivity contribution < 1.29 is 13.2 Å². The largest absolute Gasteiger partial charge is 0.322 e. The van der Waals surface area contributed by atoms with E-state index in [1.165, 1.54) is 6.26 Å². The smallest absolute Gasteiger partial charge is 0.244 e. The van der Waals surface area contributed by atoms with Gasteiger partial charge >= 0.3 is 0 Å². The van der Waals surface area contributed by atoms with Crippen molar-refractivity contribution in [1.29, 1.82) is 0 Å². The molecular formula is C12H22N2O3S. The highest BCUT2D eigenvalue weighted by atomic mass is 32.2. The minimum atomic E-state index is -3.07. The average Bonchev–Trinajstić information content (AvgIpc) is 2.87. The number of amides is 1.